The molecule has 0 fully saturated rings. The summed E-state index contributed by atoms with van der Waals surface area (Å²) in [6, 6.07) is 7.39. The average molecular weight is 228 g/mol. The summed E-state index contributed by atoms with van der Waals surface area (Å²) in [4.78, 5) is 3.96. The Morgan fingerprint density at radius 1 is 1.29 bits per heavy atom. The molecule has 0 saturated heterocycles. The van der Waals surface area contributed by atoms with Crippen molar-refractivity contribution >= 4 is 34.0 Å². The molecule has 2 rings (SSSR count). The second-order valence-electron chi connectivity index (χ2n) is 2.79. The van der Waals surface area contributed by atoms with E-state index in [9.17, 15) is 0 Å². The third kappa shape index (κ3) is 1.51. The van der Waals surface area contributed by atoms with Crippen molar-refractivity contribution in [1.82, 2.24) is 4.98 Å². The fourth-order valence-electron chi connectivity index (χ4n) is 1.37. The molecule has 1 aromatic heterocycles. The quantitative estimate of drug-likeness (QED) is 0.696. The zero-order chi connectivity index (χ0) is 10.1. The number of halogens is 2. The predicted molar refractivity (Wildman–Crippen MR) is 58.3 cm³/mol. The molecule has 2 nitrogen and oxygen atoms in total. The summed E-state index contributed by atoms with van der Waals surface area (Å²) >= 11 is 11.8. The molecule has 0 saturated carbocycles. The lowest BCUT2D eigenvalue weighted by Gasteiger charge is -2.06. The molecule has 0 spiro atoms. The van der Waals surface area contributed by atoms with Crippen LogP contribution in [-0.4, -0.2) is 12.1 Å². The van der Waals surface area contributed by atoms with Gasteiger partial charge in [-0.25, -0.2) is 4.98 Å². The van der Waals surface area contributed by atoms with Crippen LogP contribution < -0.4 is 4.74 Å². The number of pyridine rings is 1. The van der Waals surface area contributed by atoms with Crippen LogP contribution in [0.3, 0.4) is 0 Å². The van der Waals surface area contributed by atoms with E-state index in [1.807, 2.05) is 18.2 Å². The van der Waals surface area contributed by atoms with Crippen molar-refractivity contribution in [2.75, 3.05) is 7.11 Å². The normalized spacial score (nSPS) is 10.5. The molecule has 0 aliphatic rings. The van der Waals surface area contributed by atoms with Crippen molar-refractivity contribution in [3.63, 3.8) is 0 Å². The first-order valence-electron chi connectivity index (χ1n) is 4.01. The number of hydrogen-bond acceptors (Lipinski definition) is 2. The van der Waals surface area contributed by atoms with Gasteiger partial charge in [0.25, 0.3) is 0 Å². The SMILES string of the molecule is COc1cccc2cc(Cl)nc(Cl)c12. The Morgan fingerprint density at radius 2 is 2.07 bits per heavy atom. The fraction of sp³-hybridized carbons (Fsp3) is 0.100. The maximum absolute atomic E-state index is 5.97. The standard InChI is InChI=1S/C10H7Cl2NO/c1-14-7-4-2-3-6-5-8(11)13-10(12)9(6)7/h2-5H,1H3. The topological polar surface area (TPSA) is 22.1 Å². The number of nitrogens with zero attached hydrogens (tertiary/aromatic N) is 1. The van der Waals surface area contributed by atoms with Gasteiger partial charge in [0.1, 0.15) is 16.1 Å². The van der Waals surface area contributed by atoms with Gasteiger partial charge in [-0.15, -0.1) is 0 Å². The minimum Gasteiger partial charge on any atom is -0.496 e. The molecular formula is C10H7Cl2NO. The van der Waals surface area contributed by atoms with Gasteiger partial charge in [-0.1, -0.05) is 35.3 Å². The molecule has 0 amide bonds. The molecule has 1 heterocycles. The molecule has 1 aromatic carbocycles. The Labute approximate surface area is 91.4 Å². The van der Waals surface area contributed by atoms with Crippen LogP contribution in [0.1, 0.15) is 0 Å². The van der Waals surface area contributed by atoms with E-state index in [4.69, 9.17) is 27.9 Å². The lowest BCUT2D eigenvalue weighted by atomic mass is 10.1. The maximum atomic E-state index is 5.97. The van der Waals surface area contributed by atoms with E-state index in [0.717, 1.165) is 10.8 Å². The van der Waals surface area contributed by atoms with E-state index in [1.165, 1.54) is 0 Å². The van der Waals surface area contributed by atoms with E-state index < -0.39 is 0 Å². The Hall–Kier alpha value is -0.990. The summed E-state index contributed by atoms with van der Waals surface area (Å²) in [7, 11) is 1.60. The smallest absolute Gasteiger partial charge is 0.142 e. The molecule has 0 N–H and O–H groups in total. The van der Waals surface area contributed by atoms with Crippen LogP contribution in [0.5, 0.6) is 5.75 Å². The van der Waals surface area contributed by atoms with Crippen molar-refractivity contribution in [2.24, 2.45) is 0 Å². The summed E-state index contributed by atoms with van der Waals surface area (Å²) in [5, 5.41) is 2.47. The largest absolute Gasteiger partial charge is 0.496 e. The van der Waals surface area contributed by atoms with E-state index in [-0.39, 0.29) is 0 Å². The van der Waals surface area contributed by atoms with Crippen LogP contribution in [0.25, 0.3) is 10.8 Å². The van der Waals surface area contributed by atoms with Crippen LogP contribution in [0.2, 0.25) is 10.3 Å². The monoisotopic (exact) mass is 227 g/mol. The third-order valence-electron chi connectivity index (χ3n) is 1.96. The maximum Gasteiger partial charge on any atom is 0.142 e. The number of rotatable bonds is 1. The highest BCUT2D eigenvalue weighted by Crippen LogP contribution is 2.32. The molecule has 0 aliphatic carbocycles. The molecule has 72 valence electrons. The summed E-state index contributed by atoms with van der Waals surface area (Å²) in [6.07, 6.45) is 0. The number of hydrogen-bond donors (Lipinski definition) is 0. The van der Waals surface area contributed by atoms with E-state index in [2.05, 4.69) is 4.98 Å². The molecule has 0 aliphatic heterocycles. The molecule has 4 heteroatoms. The van der Waals surface area contributed by atoms with Crippen molar-refractivity contribution < 1.29 is 4.74 Å². The number of fused-ring (bicyclic) bond motifs is 1. The third-order valence-corrected chi connectivity index (χ3v) is 2.43. The Bertz CT molecular complexity index is 485. The predicted octanol–water partition coefficient (Wildman–Crippen LogP) is 3.55. The van der Waals surface area contributed by atoms with Crippen molar-refractivity contribution in [3.05, 3.63) is 34.6 Å². The number of aromatic nitrogens is 1. The van der Waals surface area contributed by atoms with Crippen molar-refractivity contribution in [1.29, 1.82) is 0 Å². The summed E-state index contributed by atoms with van der Waals surface area (Å²) in [5.41, 5.74) is 0. The number of benzene rings is 1. The zero-order valence-electron chi connectivity index (χ0n) is 7.42. The lowest BCUT2D eigenvalue weighted by molar-refractivity contribution is 0.420. The van der Waals surface area contributed by atoms with Gasteiger partial charge in [0.2, 0.25) is 0 Å². The lowest BCUT2D eigenvalue weighted by Crippen LogP contribution is -1.87. The van der Waals surface area contributed by atoms with Crippen LogP contribution in [-0.2, 0) is 0 Å². The Morgan fingerprint density at radius 3 is 2.79 bits per heavy atom. The van der Waals surface area contributed by atoms with E-state index in [1.54, 1.807) is 13.2 Å². The summed E-state index contributed by atoms with van der Waals surface area (Å²) in [6.45, 7) is 0. The molecule has 0 unspecified atom stereocenters. The van der Waals surface area contributed by atoms with Gasteiger partial charge in [-0.2, -0.15) is 0 Å². The van der Waals surface area contributed by atoms with Gasteiger partial charge in [-0.3, -0.25) is 0 Å². The first-order valence-corrected chi connectivity index (χ1v) is 4.76. The fourth-order valence-corrected chi connectivity index (χ4v) is 1.91. The van der Waals surface area contributed by atoms with Crippen LogP contribution >= 0.6 is 23.2 Å². The van der Waals surface area contributed by atoms with Gasteiger partial charge in [0, 0.05) is 0 Å². The van der Waals surface area contributed by atoms with Crippen LogP contribution in [0.15, 0.2) is 24.3 Å². The molecule has 0 atom stereocenters. The Balaban J connectivity index is 2.87. The van der Waals surface area contributed by atoms with E-state index >= 15 is 0 Å². The number of ether oxygens (including phenoxy) is 1. The summed E-state index contributed by atoms with van der Waals surface area (Å²) < 4.78 is 5.18. The van der Waals surface area contributed by atoms with Gasteiger partial charge < -0.3 is 4.74 Å². The second kappa shape index (κ2) is 3.64. The first-order chi connectivity index (χ1) is 6.72. The molecule has 0 radical (unpaired) electrons. The van der Waals surface area contributed by atoms with E-state index in [0.29, 0.717) is 16.1 Å². The molecule has 14 heavy (non-hydrogen) atoms. The van der Waals surface area contributed by atoms with Crippen molar-refractivity contribution in [3.8, 4) is 5.75 Å². The minimum absolute atomic E-state index is 0.366. The van der Waals surface area contributed by atoms with Gasteiger partial charge >= 0.3 is 0 Å². The van der Waals surface area contributed by atoms with Gasteiger partial charge in [-0.05, 0) is 17.5 Å². The highest BCUT2D eigenvalue weighted by molar-refractivity contribution is 6.37. The first kappa shape index (κ1) is 9.56. The van der Waals surface area contributed by atoms with Crippen LogP contribution in [0, 0.1) is 0 Å². The highest BCUT2D eigenvalue weighted by atomic mass is 35.5. The van der Waals surface area contributed by atoms with Gasteiger partial charge in [0.05, 0.1) is 12.5 Å². The summed E-state index contributed by atoms with van der Waals surface area (Å²) in [5.74, 6) is 0.705. The van der Waals surface area contributed by atoms with Crippen LogP contribution in [0.4, 0.5) is 0 Å². The van der Waals surface area contributed by atoms with Crippen molar-refractivity contribution in [2.45, 2.75) is 0 Å². The molecule has 2 aromatic rings. The Kier molecular flexibility index (Phi) is 2.48. The second-order valence-corrected chi connectivity index (χ2v) is 3.54. The molecular weight excluding hydrogens is 221 g/mol. The number of methoxy groups -OCH3 is 1. The minimum atomic E-state index is 0.366. The molecule has 0 bridgehead atoms. The zero-order valence-corrected chi connectivity index (χ0v) is 8.93. The average Bonchev–Trinajstić information content (AvgIpc) is 2.16. The van der Waals surface area contributed by atoms with Gasteiger partial charge in [0.15, 0.2) is 0 Å². The highest BCUT2D eigenvalue weighted by Gasteiger charge is 2.07.